The highest BCUT2D eigenvalue weighted by Gasteiger charge is 2.09. The topological polar surface area (TPSA) is 29.1 Å². The number of carbonyl (C=O) groups is 1. The highest BCUT2D eigenvalue weighted by atomic mass is 32.2. The van der Waals surface area contributed by atoms with E-state index in [4.69, 9.17) is 0 Å². The number of hydrogen-bond acceptors (Lipinski definition) is 3. The summed E-state index contributed by atoms with van der Waals surface area (Å²) in [4.78, 5) is 12.9. The van der Waals surface area contributed by atoms with Gasteiger partial charge in [-0.2, -0.15) is 0 Å². The van der Waals surface area contributed by atoms with E-state index in [-0.39, 0.29) is 17.0 Å². The largest absolute Gasteiger partial charge is 0.350 e. The molecule has 0 aliphatic carbocycles. The molecule has 1 N–H and O–H groups in total. The fourth-order valence-electron chi connectivity index (χ4n) is 1.68. The van der Waals surface area contributed by atoms with E-state index in [1.807, 2.05) is 24.4 Å². The first-order chi connectivity index (χ1) is 9.65. The van der Waals surface area contributed by atoms with Crippen molar-refractivity contribution in [1.29, 1.82) is 0 Å². The van der Waals surface area contributed by atoms with E-state index in [2.05, 4.69) is 5.32 Å². The van der Waals surface area contributed by atoms with Crippen LogP contribution in [-0.4, -0.2) is 11.7 Å². The maximum Gasteiger partial charge on any atom is 0.230 e. The Kier molecular flexibility index (Phi) is 5.61. The van der Waals surface area contributed by atoms with Crippen molar-refractivity contribution in [3.8, 4) is 0 Å². The maximum atomic E-state index is 12.8. The second-order valence-electron chi connectivity index (χ2n) is 4.36. The Bertz CT molecular complexity index is 540. The van der Waals surface area contributed by atoms with Crippen LogP contribution in [0.25, 0.3) is 0 Å². The smallest absolute Gasteiger partial charge is 0.230 e. The summed E-state index contributed by atoms with van der Waals surface area (Å²) in [6.45, 7) is 2.60. The molecule has 2 aromatic rings. The minimum atomic E-state index is -0.236. The molecule has 1 atom stereocenters. The van der Waals surface area contributed by atoms with Gasteiger partial charge in [0.2, 0.25) is 5.91 Å². The molecule has 0 saturated carbocycles. The molecule has 0 aliphatic rings. The number of nitrogens with one attached hydrogen (secondary N) is 1. The molecule has 2 nitrogen and oxygen atoms in total. The van der Waals surface area contributed by atoms with Crippen molar-refractivity contribution in [3.63, 3.8) is 0 Å². The predicted molar refractivity (Wildman–Crippen MR) is 83.4 cm³/mol. The van der Waals surface area contributed by atoms with E-state index >= 15 is 0 Å². The highest BCUT2D eigenvalue weighted by molar-refractivity contribution is 8.00. The van der Waals surface area contributed by atoms with Crippen molar-refractivity contribution in [3.05, 3.63) is 58.0 Å². The molecule has 106 valence electrons. The van der Waals surface area contributed by atoms with E-state index in [1.54, 1.807) is 35.2 Å². The lowest BCUT2D eigenvalue weighted by Gasteiger charge is -2.11. The quantitative estimate of drug-likeness (QED) is 0.874. The van der Waals surface area contributed by atoms with Gasteiger partial charge in [0.05, 0.1) is 12.3 Å². The Balaban J connectivity index is 1.73. The monoisotopic (exact) mass is 309 g/mol. The Morgan fingerprint density at radius 1 is 1.35 bits per heavy atom. The normalized spacial score (nSPS) is 12.1. The van der Waals surface area contributed by atoms with Gasteiger partial charge in [-0.25, -0.2) is 4.39 Å². The zero-order valence-electron chi connectivity index (χ0n) is 11.1. The number of carbonyl (C=O) groups excluding carboxylic acids is 1. The molecule has 1 heterocycles. The molecule has 1 unspecified atom stereocenters. The van der Waals surface area contributed by atoms with Crippen LogP contribution in [0.1, 0.15) is 22.6 Å². The summed E-state index contributed by atoms with van der Waals surface area (Å²) in [5.74, 6) is 0.196. The van der Waals surface area contributed by atoms with Crippen LogP contribution >= 0.6 is 23.1 Å². The van der Waals surface area contributed by atoms with Gasteiger partial charge < -0.3 is 5.32 Å². The molecule has 0 bridgehead atoms. The van der Waals surface area contributed by atoms with Crippen LogP contribution in [0.2, 0.25) is 0 Å². The van der Waals surface area contributed by atoms with Gasteiger partial charge in [0.25, 0.3) is 0 Å². The van der Waals surface area contributed by atoms with Crippen LogP contribution in [0, 0.1) is 5.82 Å². The summed E-state index contributed by atoms with van der Waals surface area (Å²) in [6.07, 6.45) is 0. The van der Waals surface area contributed by atoms with E-state index in [0.717, 1.165) is 10.4 Å². The summed E-state index contributed by atoms with van der Waals surface area (Å²) < 4.78 is 12.8. The molecule has 20 heavy (non-hydrogen) atoms. The molecule has 1 amide bonds. The second-order valence-corrected chi connectivity index (χ2v) is 6.72. The third-order valence-electron chi connectivity index (χ3n) is 2.84. The average molecular weight is 309 g/mol. The number of hydrogen-bond donors (Lipinski definition) is 1. The predicted octanol–water partition coefficient (Wildman–Crippen LogP) is 4.00. The third kappa shape index (κ3) is 4.65. The summed E-state index contributed by atoms with van der Waals surface area (Å²) >= 11 is 3.18. The molecule has 1 aromatic heterocycles. The van der Waals surface area contributed by atoms with Crippen molar-refractivity contribution >= 4 is 29.0 Å². The van der Waals surface area contributed by atoms with Gasteiger partial charge in [0, 0.05) is 10.1 Å². The Labute approximate surface area is 126 Å². The zero-order valence-corrected chi connectivity index (χ0v) is 12.8. The number of amides is 1. The first-order valence-electron chi connectivity index (χ1n) is 6.31. The van der Waals surface area contributed by atoms with E-state index in [9.17, 15) is 9.18 Å². The fourth-order valence-corrected chi connectivity index (χ4v) is 3.18. The number of thiophene rings is 1. The van der Waals surface area contributed by atoms with Crippen LogP contribution in [0.15, 0.2) is 41.8 Å². The van der Waals surface area contributed by atoms with Gasteiger partial charge in [-0.05, 0) is 36.1 Å². The van der Waals surface area contributed by atoms with Gasteiger partial charge in [0.1, 0.15) is 5.82 Å². The summed E-state index contributed by atoms with van der Waals surface area (Å²) in [5, 5.41) is 5.05. The first kappa shape index (κ1) is 15.1. The Hall–Kier alpha value is -1.33. The molecule has 0 aliphatic heterocycles. The Morgan fingerprint density at radius 3 is 2.75 bits per heavy atom. The Morgan fingerprint density at radius 2 is 2.10 bits per heavy atom. The van der Waals surface area contributed by atoms with Crippen molar-refractivity contribution < 1.29 is 9.18 Å². The van der Waals surface area contributed by atoms with Gasteiger partial charge in [-0.1, -0.05) is 18.2 Å². The van der Waals surface area contributed by atoms with Crippen LogP contribution in [0.4, 0.5) is 4.39 Å². The number of rotatable bonds is 6. The van der Waals surface area contributed by atoms with E-state index in [0.29, 0.717) is 12.3 Å². The molecular weight excluding hydrogens is 293 g/mol. The SMILES string of the molecule is CC(SCC(=O)NCc1cccs1)c1ccc(F)cc1. The summed E-state index contributed by atoms with van der Waals surface area (Å²) in [7, 11) is 0. The van der Waals surface area contributed by atoms with Gasteiger partial charge in [-0.15, -0.1) is 23.1 Å². The lowest BCUT2D eigenvalue weighted by molar-refractivity contribution is -0.118. The minimum absolute atomic E-state index is 0.0253. The van der Waals surface area contributed by atoms with Gasteiger partial charge in [0.15, 0.2) is 0 Å². The summed E-state index contributed by atoms with van der Waals surface area (Å²) in [6, 6.07) is 10.4. The minimum Gasteiger partial charge on any atom is -0.350 e. The maximum absolute atomic E-state index is 12.8. The first-order valence-corrected chi connectivity index (χ1v) is 8.24. The average Bonchev–Trinajstić information content (AvgIpc) is 2.96. The third-order valence-corrected chi connectivity index (χ3v) is 4.92. The van der Waals surface area contributed by atoms with Gasteiger partial charge in [-0.3, -0.25) is 4.79 Å². The highest BCUT2D eigenvalue weighted by Crippen LogP contribution is 2.27. The lowest BCUT2D eigenvalue weighted by atomic mass is 10.2. The zero-order chi connectivity index (χ0) is 14.4. The molecule has 0 saturated heterocycles. The molecule has 5 heteroatoms. The number of halogens is 1. The number of benzene rings is 1. The molecular formula is C15H16FNOS2. The van der Waals surface area contributed by atoms with Crippen LogP contribution in [0.3, 0.4) is 0 Å². The van der Waals surface area contributed by atoms with E-state index < -0.39 is 0 Å². The number of thioether (sulfide) groups is 1. The van der Waals surface area contributed by atoms with Crippen LogP contribution in [-0.2, 0) is 11.3 Å². The summed E-state index contributed by atoms with van der Waals surface area (Å²) in [5.41, 5.74) is 1.03. The van der Waals surface area contributed by atoms with Crippen molar-refractivity contribution in [1.82, 2.24) is 5.32 Å². The fraction of sp³-hybridized carbons (Fsp3) is 0.267. The van der Waals surface area contributed by atoms with Crippen LogP contribution < -0.4 is 5.32 Å². The molecule has 2 rings (SSSR count). The molecule has 1 aromatic carbocycles. The van der Waals surface area contributed by atoms with Crippen molar-refractivity contribution in [2.75, 3.05) is 5.75 Å². The lowest BCUT2D eigenvalue weighted by Crippen LogP contribution is -2.24. The molecule has 0 fully saturated rings. The van der Waals surface area contributed by atoms with E-state index in [1.165, 1.54) is 12.1 Å². The van der Waals surface area contributed by atoms with Crippen LogP contribution in [0.5, 0.6) is 0 Å². The van der Waals surface area contributed by atoms with Crippen molar-refractivity contribution in [2.45, 2.75) is 18.7 Å². The second kappa shape index (κ2) is 7.45. The molecule has 0 radical (unpaired) electrons. The standard InChI is InChI=1S/C15H16FNOS2/c1-11(12-4-6-13(16)7-5-12)20-10-15(18)17-9-14-3-2-8-19-14/h2-8,11H,9-10H2,1H3,(H,17,18). The molecule has 0 spiro atoms. The van der Waals surface area contributed by atoms with Crippen molar-refractivity contribution in [2.24, 2.45) is 0 Å². The van der Waals surface area contributed by atoms with Gasteiger partial charge >= 0.3 is 0 Å².